The first kappa shape index (κ1) is 21.1. The number of para-hydroxylation sites is 1. The van der Waals surface area contributed by atoms with E-state index in [1.54, 1.807) is 11.0 Å². The van der Waals surface area contributed by atoms with Crippen LogP contribution < -0.4 is 10.6 Å². The number of hydrogen-bond donors (Lipinski definition) is 1. The molecule has 2 heterocycles. The van der Waals surface area contributed by atoms with Gasteiger partial charge in [0.1, 0.15) is 6.10 Å². The van der Waals surface area contributed by atoms with E-state index >= 15 is 0 Å². The minimum Gasteiger partial charge on any atom is -0.460 e. The van der Waals surface area contributed by atoms with Crippen molar-refractivity contribution >= 4 is 29.2 Å². The van der Waals surface area contributed by atoms with Gasteiger partial charge in [-0.15, -0.1) is 0 Å². The predicted molar refractivity (Wildman–Crippen MR) is 110 cm³/mol. The average Bonchev–Trinajstić information content (AvgIpc) is 3.00. The van der Waals surface area contributed by atoms with Gasteiger partial charge in [0.15, 0.2) is 0 Å². The highest BCUT2D eigenvalue weighted by atomic mass is 35.5. The van der Waals surface area contributed by atoms with Gasteiger partial charge in [0.05, 0.1) is 29.2 Å². The average molecular weight is 408 g/mol. The van der Waals surface area contributed by atoms with Crippen LogP contribution in [0.5, 0.6) is 0 Å². The summed E-state index contributed by atoms with van der Waals surface area (Å²) in [5.41, 5.74) is 6.85. The van der Waals surface area contributed by atoms with Crippen LogP contribution in [0.15, 0.2) is 24.3 Å². The number of halogens is 1. The van der Waals surface area contributed by atoms with Crippen LogP contribution in [0, 0.1) is 5.92 Å². The summed E-state index contributed by atoms with van der Waals surface area (Å²) in [6, 6.07) is 7.07. The molecule has 1 aromatic rings. The minimum atomic E-state index is -0.315. The van der Waals surface area contributed by atoms with Gasteiger partial charge in [-0.2, -0.15) is 0 Å². The lowest BCUT2D eigenvalue weighted by molar-refractivity contribution is -0.145. The number of nitrogens with zero attached hydrogens (tertiary/aromatic N) is 2. The fourth-order valence-corrected chi connectivity index (χ4v) is 4.37. The zero-order valence-corrected chi connectivity index (χ0v) is 17.6. The van der Waals surface area contributed by atoms with Crippen LogP contribution >= 0.6 is 11.6 Å². The number of hydrogen-bond acceptors (Lipinski definition) is 5. The molecule has 2 fully saturated rings. The zero-order valence-electron chi connectivity index (χ0n) is 16.9. The Morgan fingerprint density at radius 2 is 2.04 bits per heavy atom. The second-order valence-electron chi connectivity index (χ2n) is 8.48. The minimum absolute atomic E-state index is 0.00750. The fourth-order valence-electron chi connectivity index (χ4n) is 4.13. The normalized spacial score (nSPS) is 26.4. The molecule has 0 spiro atoms. The molecule has 3 atom stereocenters. The van der Waals surface area contributed by atoms with Gasteiger partial charge in [-0.1, -0.05) is 37.1 Å². The number of rotatable bonds is 6. The number of amides is 1. The van der Waals surface area contributed by atoms with Crippen molar-refractivity contribution < 1.29 is 14.3 Å². The van der Waals surface area contributed by atoms with Gasteiger partial charge in [0.25, 0.3) is 0 Å². The van der Waals surface area contributed by atoms with Crippen molar-refractivity contribution in [1.82, 2.24) is 4.90 Å². The highest BCUT2D eigenvalue weighted by Gasteiger charge is 2.42. The Bertz CT molecular complexity index is 739. The summed E-state index contributed by atoms with van der Waals surface area (Å²) >= 11 is 6.30. The van der Waals surface area contributed by atoms with Crippen LogP contribution in [0.2, 0.25) is 5.02 Å². The van der Waals surface area contributed by atoms with Gasteiger partial charge in [-0.05, 0) is 38.8 Å². The molecule has 0 radical (unpaired) electrons. The molecule has 0 unspecified atom stereocenters. The quantitative estimate of drug-likeness (QED) is 0.734. The Hall–Kier alpha value is -1.63. The number of carbonyl (C=O) groups is 2. The maximum absolute atomic E-state index is 12.8. The lowest BCUT2D eigenvalue weighted by Gasteiger charge is -2.47. The molecule has 1 amide bonds. The summed E-state index contributed by atoms with van der Waals surface area (Å²) in [5.74, 6) is -0.194. The van der Waals surface area contributed by atoms with Crippen molar-refractivity contribution in [1.29, 1.82) is 0 Å². The number of cyclic esters (lactones) is 1. The first-order valence-electron chi connectivity index (χ1n) is 9.99. The van der Waals surface area contributed by atoms with Gasteiger partial charge in [0.2, 0.25) is 5.91 Å². The largest absolute Gasteiger partial charge is 0.460 e. The molecule has 3 rings (SSSR count). The molecular formula is C21H30ClN3O3. The molecule has 0 aliphatic carbocycles. The van der Waals surface area contributed by atoms with E-state index in [1.165, 1.54) is 0 Å². The second kappa shape index (κ2) is 8.39. The summed E-state index contributed by atoms with van der Waals surface area (Å²) in [6.45, 7) is 7.53. The summed E-state index contributed by atoms with van der Waals surface area (Å²) in [6.07, 6.45) is 2.17. The molecule has 2 saturated heterocycles. The van der Waals surface area contributed by atoms with Gasteiger partial charge >= 0.3 is 5.97 Å². The van der Waals surface area contributed by atoms with Crippen molar-refractivity contribution in [3.63, 3.8) is 0 Å². The van der Waals surface area contributed by atoms with Gasteiger partial charge < -0.3 is 15.4 Å². The first-order chi connectivity index (χ1) is 13.2. The van der Waals surface area contributed by atoms with Crippen LogP contribution in [0.4, 0.5) is 5.69 Å². The third-order valence-electron chi connectivity index (χ3n) is 5.84. The maximum atomic E-state index is 12.8. The molecule has 0 saturated carbocycles. The number of ether oxygens (including phenoxy) is 1. The SMILES string of the molecule is CCC[C@@H]1C[C@@H]([C@@H](N)CN2CC(=O)N(c3ccccc3Cl)CC2(C)C)OC1=O. The third kappa shape index (κ3) is 4.34. The van der Waals surface area contributed by atoms with Gasteiger partial charge in [0, 0.05) is 18.6 Å². The Kier molecular flexibility index (Phi) is 6.32. The zero-order chi connectivity index (χ0) is 20.5. The van der Waals surface area contributed by atoms with E-state index in [1.807, 2.05) is 18.2 Å². The molecule has 2 aliphatic rings. The number of esters is 1. The molecule has 0 aromatic heterocycles. The first-order valence-corrected chi connectivity index (χ1v) is 10.4. The molecule has 28 heavy (non-hydrogen) atoms. The van der Waals surface area contributed by atoms with E-state index in [0.29, 0.717) is 24.5 Å². The monoisotopic (exact) mass is 407 g/mol. The van der Waals surface area contributed by atoms with Crippen molar-refractivity contribution in [2.75, 3.05) is 24.5 Å². The molecule has 7 heteroatoms. The van der Waals surface area contributed by atoms with E-state index in [0.717, 1.165) is 18.5 Å². The number of piperazine rings is 1. The van der Waals surface area contributed by atoms with E-state index in [9.17, 15) is 9.59 Å². The smallest absolute Gasteiger partial charge is 0.309 e. The Balaban J connectivity index is 1.67. The number of anilines is 1. The highest BCUT2D eigenvalue weighted by Crippen LogP contribution is 2.32. The third-order valence-corrected chi connectivity index (χ3v) is 6.15. The van der Waals surface area contributed by atoms with E-state index < -0.39 is 0 Å². The number of benzene rings is 1. The van der Waals surface area contributed by atoms with E-state index in [-0.39, 0.29) is 42.0 Å². The molecule has 2 aliphatic heterocycles. The van der Waals surface area contributed by atoms with Crippen molar-refractivity contribution in [3.05, 3.63) is 29.3 Å². The Morgan fingerprint density at radius 3 is 2.71 bits per heavy atom. The van der Waals surface area contributed by atoms with Crippen molar-refractivity contribution in [2.24, 2.45) is 11.7 Å². The molecule has 6 nitrogen and oxygen atoms in total. The van der Waals surface area contributed by atoms with Crippen LogP contribution in [0.3, 0.4) is 0 Å². The number of nitrogens with two attached hydrogens (primary N) is 1. The predicted octanol–water partition coefficient (Wildman–Crippen LogP) is 2.83. The topological polar surface area (TPSA) is 75.9 Å². The van der Waals surface area contributed by atoms with Crippen LogP contribution in [-0.4, -0.2) is 54.1 Å². The fraction of sp³-hybridized carbons (Fsp3) is 0.619. The standard InChI is InChI=1S/C21H30ClN3O3/c1-4-7-14-10-18(28-20(14)27)16(23)11-24-12-19(26)25(13-21(24,2)3)17-9-6-5-8-15(17)22/h5-6,8-9,14,16,18H,4,7,10-13,23H2,1-3H3/t14-,16+,18+/m1/s1. The summed E-state index contributed by atoms with van der Waals surface area (Å²) < 4.78 is 5.53. The van der Waals surface area contributed by atoms with Crippen LogP contribution in [-0.2, 0) is 14.3 Å². The summed E-state index contributed by atoms with van der Waals surface area (Å²) in [4.78, 5) is 28.7. The lowest BCUT2D eigenvalue weighted by atomic mass is 9.94. The van der Waals surface area contributed by atoms with E-state index in [4.69, 9.17) is 22.1 Å². The van der Waals surface area contributed by atoms with Gasteiger partial charge in [-0.3, -0.25) is 14.5 Å². The second-order valence-corrected chi connectivity index (χ2v) is 8.89. The van der Waals surface area contributed by atoms with Crippen molar-refractivity contribution in [2.45, 2.75) is 57.7 Å². The summed E-state index contributed by atoms with van der Waals surface area (Å²) in [7, 11) is 0. The lowest BCUT2D eigenvalue weighted by Crippen LogP contribution is -2.64. The molecular weight excluding hydrogens is 378 g/mol. The molecule has 154 valence electrons. The Labute approximate surface area is 171 Å². The highest BCUT2D eigenvalue weighted by molar-refractivity contribution is 6.33. The van der Waals surface area contributed by atoms with E-state index in [2.05, 4.69) is 25.7 Å². The summed E-state index contributed by atoms with van der Waals surface area (Å²) in [5, 5.41) is 0.566. The van der Waals surface area contributed by atoms with Crippen LogP contribution in [0.1, 0.15) is 40.0 Å². The number of carbonyl (C=O) groups excluding carboxylic acids is 2. The van der Waals surface area contributed by atoms with Crippen LogP contribution in [0.25, 0.3) is 0 Å². The Morgan fingerprint density at radius 1 is 1.32 bits per heavy atom. The van der Waals surface area contributed by atoms with Gasteiger partial charge in [-0.25, -0.2) is 0 Å². The van der Waals surface area contributed by atoms with Crippen molar-refractivity contribution in [3.8, 4) is 0 Å². The maximum Gasteiger partial charge on any atom is 0.309 e. The molecule has 0 bridgehead atoms. The molecule has 2 N–H and O–H groups in total. The molecule has 1 aromatic carbocycles.